The van der Waals surface area contributed by atoms with Crippen LogP contribution in [0.2, 0.25) is 0 Å². The van der Waals surface area contributed by atoms with Crippen LogP contribution in [0.5, 0.6) is 0 Å². The number of hydrogen-bond acceptors (Lipinski definition) is 10. The van der Waals surface area contributed by atoms with Gasteiger partial charge in [0.15, 0.2) is 12.4 Å². The van der Waals surface area contributed by atoms with Crippen LogP contribution in [-0.4, -0.2) is 99.6 Å². The predicted octanol–water partition coefficient (Wildman–Crippen LogP) is 12.9. The first-order chi connectivity index (χ1) is 34.2. The molecule has 11 heteroatoms. The summed E-state index contributed by atoms with van der Waals surface area (Å²) in [5, 5.41) is 56.7. The Hall–Kier alpha value is -2.38. The first-order valence-corrected chi connectivity index (χ1v) is 28.9. The Bertz CT molecular complexity index is 1320. The zero-order valence-corrected chi connectivity index (χ0v) is 44.9. The van der Waals surface area contributed by atoms with E-state index in [-0.39, 0.29) is 19.4 Å². The minimum absolute atomic E-state index is 0.113. The third-order valence-electron chi connectivity index (χ3n) is 13.5. The number of carbonyl (C=O) groups is 2. The Labute approximate surface area is 427 Å². The third-order valence-corrected chi connectivity index (χ3v) is 13.5. The first-order valence-electron chi connectivity index (χ1n) is 28.9. The molecule has 8 unspecified atom stereocenters. The van der Waals surface area contributed by atoms with Gasteiger partial charge in [0, 0.05) is 6.42 Å². The second-order valence-electron chi connectivity index (χ2n) is 20.0. The number of allylic oxidation sites excluding steroid dienone is 7. The molecule has 8 atom stereocenters. The van der Waals surface area contributed by atoms with Crippen LogP contribution in [0.15, 0.2) is 48.6 Å². The SMILES string of the molecule is CCCCC/C=C\C/C=C\CCCCCCCCCC(=O)OC1C(OCC(NC(=O)C(O)CCCC/C=C\CCCCCCCCC)C(O)/C=C/CCCCCCCCCCC)OC(CO)C(O)C1O. The van der Waals surface area contributed by atoms with Gasteiger partial charge >= 0.3 is 5.97 Å². The standard InChI is InChI=1S/C59H107NO10/c1-4-7-10-13-16-19-22-24-25-26-27-29-32-35-38-41-44-47-54(64)70-57-56(66)55(65)53(48-61)69-59(57)68-49-50(51(62)45-42-39-36-33-30-21-18-15-12-9-6-3)60-58(67)52(63)46-43-40-37-34-31-28-23-20-17-14-11-8-5-2/h16,19,24-25,31,34,42,45,50-53,55-57,59,61-63,65-66H,4-15,17-18,20-23,26-30,32-33,35-41,43-44,46-49H2,1-3H3,(H,60,67)/b19-16-,25-24-,34-31-,45-42+. The highest BCUT2D eigenvalue weighted by molar-refractivity contribution is 5.80. The second-order valence-corrected chi connectivity index (χ2v) is 20.0. The lowest BCUT2D eigenvalue weighted by molar-refractivity contribution is -0.305. The molecule has 0 aromatic rings. The Morgan fingerprint density at radius 1 is 0.557 bits per heavy atom. The molecular formula is C59H107NO10. The average molecular weight is 991 g/mol. The summed E-state index contributed by atoms with van der Waals surface area (Å²) in [5.74, 6) is -1.22. The van der Waals surface area contributed by atoms with Gasteiger partial charge < -0.3 is 45.1 Å². The molecule has 70 heavy (non-hydrogen) atoms. The number of carbonyl (C=O) groups excluding carboxylic acids is 2. The van der Waals surface area contributed by atoms with Crippen molar-refractivity contribution in [1.82, 2.24) is 5.32 Å². The number of ether oxygens (including phenoxy) is 3. The van der Waals surface area contributed by atoms with Gasteiger partial charge in [-0.3, -0.25) is 9.59 Å². The number of esters is 1. The van der Waals surface area contributed by atoms with Gasteiger partial charge in [0.25, 0.3) is 0 Å². The van der Waals surface area contributed by atoms with Gasteiger partial charge in [-0.2, -0.15) is 0 Å². The Balaban J connectivity index is 2.72. The summed E-state index contributed by atoms with van der Waals surface area (Å²) in [4.78, 5) is 26.4. The summed E-state index contributed by atoms with van der Waals surface area (Å²) in [6, 6.07) is -1.03. The molecule has 1 amide bonds. The number of unbranched alkanes of at least 4 members (excludes halogenated alkanes) is 28. The van der Waals surface area contributed by atoms with Crippen LogP contribution in [-0.2, 0) is 23.8 Å². The molecule has 0 aromatic carbocycles. The van der Waals surface area contributed by atoms with Crippen molar-refractivity contribution in [1.29, 1.82) is 0 Å². The normalized spacial score (nSPS) is 20.0. The molecule has 1 fully saturated rings. The van der Waals surface area contributed by atoms with Gasteiger partial charge in [-0.15, -0.1) is 0 Å². The quantitative estimate of drug-likeness (QED) is 0.0196. The van der Waals surface area contributed by atoms with E-state index in [9.17, 15) is 35.1 Å². The topological polar surface area (TPSA) is 175 Å². The van der Waals surface area contributed by atoms with Gasteiger partial charge in [0.05, 0.1) is 25.4 Å². The molecule has 1 saturated heterocycles. The van der Waals surface area contributed by atoms with E-state index in [4.69, 9.17) is 14.2 Å². The number of nitrogens with one attached hydrogen (secondary N) is 1. The van der Waals surface area contributed by atoms with E-state index in [0.717, 1.165) is 77.0 Å². The van der Waals surface area contributed by atoms with Gasteiger partial charge in [-0.1, -0.05) is 211 Å². The number of aliphatic hydroxyl groups excluding tert-OH is 5. The summed E-state index contributed by atoms with van der Waals surface area (Å²) >= 11 is 0. The first kappa shape index (κ1) is 65.6. The average Bonchev–Trinajstić information content (AvgIpc) is 3.36. The highest BCUT2D eigenvalue weighted by atomic mass is 16.7. The maximum Gasteiger partial charge on any atom is 0.306 e. The fourth-order valence-electron chi connectivity index (χ4n) is 8.79. The predicted molar refractivity (Wildman–Crippen MR) is 287 cm³/mol. The smallest absolute Gasteiger partial charge is 0.306 e. The van der Waals surface area contributed by atoms with Crippen LogP contribution in [0.4, 0.5) is 0 Å². The molecule has 408 valence electrons. The van der Waals surface area contributed by atoms with E-state index in [1.165, 1.54) is 128 Å². The molecule has 11 nitrogen and oxygen atoms in total. The Morgan fingerprint density at radius 2 is 0.986 bits per heavy atom. The van der Waals surface area contributed by atoms with E-state index in [2.05, 4.69) is 62.5 Å². The second kappa shape index (κ2) is 47.6. The molecule has 1 aliphatic heterocycles. The van der Waals surface area contributed by atoms with Crippen molar-refractivity contribution in [2.24, 2.45) is 0 Å². The Morgan fingerprint density at radius 3 is 1.50 bits per heavy atom. The van der Waals surface area contributed by atoms with Crippen LogP contribution in [0.25, 0.3) is 0 Å². The summed E-state index contributed by atoms with van der Waals surface area (Å²) in [6.45, 7) is 5.73. The summed E-state index contributed by atoms with van der Waals surface area (Å²) < 4.78 is 17.6. The number of hydrogen-bond donors (Lipinski definition) is 6. The number of rotatable bonds is 48. The minimum Gasteiger partial charge on any atom is -0.454 e. The monoisotopic (exact) mass is 990 g/mol. The van der Waals surface area contributed by atoms with Crippen LogP contribution in [0, 0.1) is 0 Å². The van der Waals surface area contributed by atoms with Crippen molar-refractivity contribution in [3.05, 3.63) is 48.6 Å². The minimum atomic E-state index is -1.62. The van der Waals surface area contributed by atoms with E-state index < -0.39 is 67.4 Å². The van der Waals surface area contributed by atoms with Gasteiger partial charge in [0.2, 0.25) is 5.91 Å². The highest BCUT2D eigenvalue weighted by Gasteiger charge is 2.47. The molecule has 6 N–H and O–H groups in total. The lowest BCUT2D eigenvalue weighted by atomic mass is 9.99. The molecule has 0 bridgehead atoms. The van der Waals surface area contributed by atoms with Crippen LogP contribution < -0.4 is 5.32 Å². The molecular weight excluding hydrogens is 883 g/mol. The van der Waals surface area contributed by atoms with Crippen LogP contribution in [0.3, 0.4) is 0 Å². The van der Waals surface area contributed by atoms with E-state index in [0.29, 0.717) is 12.8 Å². The van der Waals surface area contributed by atoms with Crippen molar-refractivity contribution < 1.29 is 49.3 Å². The van der Waals surface area contributed by atoms with E-state index >= 15 is 0 Å². The van der Waals surface area contributed by atoms with Crippen molar-refractivity contribution in [3.8, 4) is 0 Å². The highest BCUT2D eigenvalue weighted by Crippen LogP contribution is 2.26. The maximum atomic E-state index is 13.3. The third kappa shape index (κ3) is 35.7. The van der Waals surface area contributed by atoms with Gasteiger partial charge in [-0.05, 0) is 83.5 Å². The number of aliphatic hydroxyl groups is 5. The summed E-state index contributed by atoms with van der Waals surface area (Å²) in [7, 11) is 0. The van der Waals surface area contributed by atoms with Crippen molar-refractivity contribution in [3.63, 3.8) is 0 Å². The largest absolute Gasteiger partial charge is 0.454 e. The van der Waals surface area contributed by atoms with E-state index in [1.54, 1.807) is 6.08 Å². The summed E-state index contributed by atoms with van der Waals surface area (Å²) in [6.07, 6.45) is 45.8. The zero-order valence-electron chi connectivity index (χ0n) is 44.9. The van der Waals surface area contributed by atoms with Crippen molar-refractivity contribution in [2.45, 2.75) is 301 Å². The van der Waals surface area contributed by atoms with Gasteiger partial charge in [0.1, 0.15) is 24.4 Å². The zero-order chi connectivity index (χ0) is 51.1. The Kier molecular flexibility index (Phi) is 44.6. The molecule has 0 saturated carbocycles. The maximum absolute atomic E-state index is 13.3. The van der Waals surface area contributed by atoms with Crippen LogP contribution >= 0.6 is 0 Å². The molecule has 0 aromatic heterocycles. The molecule has 0 aliphatic carbocycles. The summed E-state index contributed by atoms with van der Waals surface area (Å²) in [5.41, 5.74) is 0. The van der Waals surface area contributed by atoms with Gasteiger partial charge in [-0.25, -0.2) is 0 Å². The fraction of sp³-hybridized carbons (Fsp3) is 0.831. The molecule has 1 aliphatic rings. The molecule has 0 radical (unpaired) electrons. The fourth-order valence-corrected chi connectivity index (χ4v) is 8.79. The molecule has 0 spiro atoms. The molecule has 1 heterocycles. The van der Waals surface area contributed by atoms with E-state index in [1.807, 2.05) is 6.08 Å². The van der Waals surface area contributed by atoms with Crippen molar-refractivity contribution >= 4 is 11.9 Å². The van der Waals surface area contributed by atoms with Crippen LogP contribution in [0.1, 0.15) is 252 Å². The number of amides is 1. The lowest BCUT2D eigenvalue weighted by Crippen LogP contribution is -2.61. The lowest BCUT2D eigenvalue weighted by Gasteiger charge is -2.41. The van der Waals surface area contributed by atoms with Crippen molar-refractivity contribution in [2.75, 3.05) is 13.2 Å². The molecule has 1 rings (SSSR count).